The van der Waals surface area contributed by atoms with Gasteiger partial charge in [-0.1, -0.05) is 17.3 Å². The summed E-state index contributed by atoms with van der Waals surface area (Å²) in [5.41, 5.74) is 1.10. The molecule has 0 radical (unpaired) electrons. The highest BCUT2D eigenvalue weighted by atomic mass is 16.5. The number of aryl methyl sites for hydroxylation is 1. The molecule has 0 fully saturated rings. The molecule has 3 aromatic rings. The van der Waals surface area contributed by atoms with Crippen molar-refractivity contribution in [1.29, 1.82) is 0 Å². The maximum atomic E-state index is 11.9. The van der Waals surface area contributed by atoms with E-state index in [9.17, 15) is 4.79 Å². The van der Waals surface area contributed by atoms with Crippen molar-refractivity contribution in [2.45, 2.75) is 6.92 Å². The van der Waals surface area contributed by atoms with E-state index in [1.54, 1.807) is 13.0 Å². The summed E-state index contributed by atoms with van der Waals surface area (Å²) in [4.78, 5) is 11.9. The van der Waals surface area contributed by atoms with Crippen molar-refractivity contribution in [3.8, 4) is 0 Å². The van der Waals surface area contributed by atoms with Crippen LogP contribution in [-0.4, -0.2) is 21.3 Å². The predicted octanol–water partition coefficient (Wildman–Crippen LogP) is 2.11. The van der Waals surface area contributed by atoms with Gasteiger partial charge in [-0.3, -0.25) is 9.89 Å². The smallest absolute Gasteiger partial charge is 0.279 e. The zero-order chi connectivity index (χ0) is 12.5. The molecule has 0 unspecified atom stereocenters. The summed E-state index contributed by atoms with van der Waals surface area (Å²) in [7, 11) is 0. The lowest BCUT2D eigenvalue weighted by Gasteiger charge is -1.98. The monoisotopic (exact) mass is 242 g/mol. The number of hydrogen-bond donors (Lipinski definition) is 2. The maximum Gasteiger partial charge on any atom is 0.279 e. The third-order valence-electron chi connectivity index (χ3n) is 2.56. The van der Waals surface area contributed by atoms with Gasteiger partial charge in [0.2, 0.25) is 0 Å². The van der Waals surface area contributed by atoms with E-state index in [4.69, 9.17) is 4.52 Å². The molecular formula is C12H10N4O2. The molecule has 6 nitrogen and oxygen atoms in total. The molecule has 0 aliphatic rings. The number of aromatic nitrogens is 3. The molecule has 90 valence electrons. The first-order chi connectivity index (χ1) is 8.74. The standard InChI is InChI=1S/C12H10N4O2/c1-7-6-10(16-18-7)12(17)13-11-8-4-2-3-5-9(8)14-15-11/h2-6H,1H3,(H2,13,14,15,17). The number of nitrogens with one attached hydrogen (secondary N) is 2. The number of carbonyl (C=O) groups excluding carboxylic acids is 1. The highest BCUT2D eigenvalue weighted by molar-refractivity contribution is 6.06. The fourth-order valence-corrected chi connectivity index (χ4v) is 1.70. The molecule has 2 heterocycles. The number of carbonyl (C=O) groups is 1. The minimum Gasteiger partial charge on any atom is -0.361 e. The largest absolute Gasteiger partial charge is 0.361 e. The van der Waals surface area contributed by atoms with E-state index < -0.39 is 0 Å². The molecule has 0 aliphatic carbocycles. The molecule has 2 aromatic heterocycles. The molecular weight excluding hydrogens is 232 g/mol. The summed E-state index contributed by atoms with van der Waals surface area (Å²) in [6.45, 7) is 1.73. The summed E-state index contributed by atoms with van der Waals surface area (Å²) in [6.07, 6.45) is 0. The Morgan fingerprint density at radius 1 is 1.39 bits per heavy atom. The van der Waals surface area contributed by atoms with Gasteiger partial charge in [0.25, 0.3) is 5.91 Å². The Labute approximate surface area is 102 Å². The topological polar surface area (TPSA) is 83.8 Å². The zero-order valence-corrected chi connectivity index (χ0v) is 9.60. The third-order valence-corrected chi connectivity index (χ3v) is 2.56. The number of benzene rings is 1. The van der Waals surface area contributed by atoms with Crippen molar-refractivity contribution in [1.82, 2.24) is 15.4 Å². The maximum absolute atomic E-state index is 11.9. The molecule has 0 bridgehead atoms. The van der Waals surface area contributed by atoms with Gasteiger partial charge >= 0.3 is 0 Å². The molecule has 0 saturated carbocycles. The Balaban J connectivity index is 1.90. The second kappa shape index (κ2) is 3.99. The summed E-state index contributed by atoms with van der Waals surface area (Å²) in [6, 6.07) is 9.12. The van der Waals surface area contributed by atoms with Crippen molar-refractivity contribution in [3.63, 3.8) is 0 Å². The van der Waals surface area contributed by atoms with Crippen LogP contribution in [0.5, 0.6) is 0 Å². The van der Waals surface area contributed by atoms with Gasteiger partial charge in [0, 0.05) is 11.5 Å². The van der Waals surface area contributed by atoms with Crippen LogP contribution in [0.25, 0.3) is 10.9 Å². The van der Waals surface area contributed by atoms with Crippen LogP contribution >= 0.6 is 0 Å². The van der Waals surface area contributed by atoms with Crippen LogP contribution in [0, 0.1) is 6.92 Å². The van der Waals surface area contributed by atoms with E-state index in [1.165, 1.54) is 0 Å². The minimum atomic E-state index is -0.343. The van der Waals surface area contributed by atoms with E-state index in [0.717, 1.165) is 10.9 Å². The van der Waals surface area contributed by atoms with E-state index >= 15 is 0 Å². The average Bonchev–Trinajstić information content (AvgIpc) is 2.97. The van der Waals surface area contributed by atoms with Gasteiger partial charge in [-0.25, -0.2) is 0 Å². The fourth-order valence-electron chi connectivity index (χ4n) is 1.70. The molecule has 1 aromatic carbocycles. The number of anilines is 1. The summed E-state index contributed by atoms with van der Waals surface area (Å²) in [5.74, 6) is 0.729. The number of hydrogen-bond acceptors (Lipinski definition) is 4. The number of para-hydroxylation sites is 1. The summed E-state index contributed by atoms with van der Waals surface area (Å²) >= 11 is 0. The quantitative estimate of drug-likeness (QED) is 0.720. The molecule has 0 aliphatic heterocycles. The van der Waals surface area contributed by atoms with Gasteiger partial charge in [-0.2, -0.15) is 5.10 Å². The fraction of sp³-hybridized carbons (Fsp3) is 0.0833. The van der Waals surface area contributed by atoms with Gasteiger partial charge in [0.15, 0.2) is 11.5 Å². The van der Waals surface area contributed by atoms with Gasteiger partial charge in [-0.15, -0.1) is 0 Å². The molecule has 18 heavy (non-hydrogen) atoms. The van der Waals surface area contributed by atoms with Crippen LogP contribution in [0.4, 0.5) is 5.82 Å². The van der Waals surface area contributed by atoms with Crippen LogP contribution in [0.1, 0.15) is 16.2 Å². The average molecular weight is 242 g/mol. The van der Waals surface area contributed by atoms with E-state index in [0.29, 0.717) is 11.6 Å². The summed E-state index contributed by atoms with van der Waals surface area (Å²) < 4.78 is 4.85. The van der Waals surface area contributed by atoms with E-state index in [-0.39, 0.29) is 11.6 Å². The zero-order valence-electron chi connectivity index (χ0n) is 9.60. The van der Waals surface area contributed by atoms with Crippen LogP contribution < -0.4 is 5.32 Å². The SMILES string of the molecule is Cc1cc(C(=O)Nc2n[nH]c3ccccc23)no1. The van der Waals surface area contributed by atoms with Gasteiger partial charge in [0.1, 0.15) is 5.76 Å². The molecule has 0 saturated heterocycles. The number of H-pyrrole nitrogens is 1. The van der Waals surface area contributed by atoms with Crippen molar-refractivity contribution in [3.05, 3.63) is 41.8 Å². The Kier molecular flexibility index (Phi) is 2.33. The Morgan fingerprint density at radius 3 is 3.00 bits per heavy atom. The highest BCUT2D eigenvalue weighted by Gasteiger charge is 2.14. The molecule has 3 rings (SSSR count). The van der Waals surface area contributed by atoms with Crippen LogP contribution in [-0.2, 0) is 0 Å². The lowest BCUT2D eigenvalue weighted by molar-refractivity contribution is 0.101. The lowest BCUT2D eigenvalue weighted by atomic mass is 10.2. The van der Waals surface area contributed by atoms with Gasteiger partial charge in [0.05, 0.1) is 5.52 Å². The predicted molar refractivity (Wildman–Crippen MR) is 65.3 cm³/mol. The number of aromatic amines is 1. The van der Waals surface area contributed by atoms with Crippen molar-refractivity contribution in [2.24, 2.45) is 0 Å². The lowest BCUT2D eigenvalue weighted by Crippen LogP contribution is -2.12. The Morgan fingerprint density at radius 2 is 2.22 bits per heavy atom. The second-order valence-electron chi connectivity index (χ2n) is 3.89. The molecule has 1 amide bonds. The van der Waals surface area contributed by atoms with Crippen molar-refractivity contribution in [2.75, 3.05) is 5.32 Å². The Bertz CT molecular complexity index is 714. The second-order valence-corrected chi connectivity index (χ2v) is 3.89. The number of nitrogens with zero attached hydrogens (tertiary/aromatic N) is 2. The van der Waals surface area contributed by atoms with E-state index in [1.807, 2.05) is 24.3 Å². The molecule has 6 heteroatoms. The number of fused-ring (bicyclic) bond motifs is 1. The first-order valence-electron chi connectivity index (χ1n) is 5.42. The first-order valence-corrected chi connectivity index (χ1v) is 5.42. The summed E-state index contributed by atoms with van der Waals surface area (Å²) in [5, 5.41) is 14.1. The van der Waals surface area contributed by atoms with Crippen LogP contribution in [0.3, 0.4) is 0 Å². The van der Waals surface area contributed by atoms with Gasteiger partial charge in [-0.05, 0) is 19.1 Å². The molecule has 0 spiro atoms. The minimum absolute atomic E-state index is 0.236. The first kappa shape index (κ1) is 10.5. The van der Waals surface area contributed by atoms with Crippen molar-refractivity contribution < 1.29 is 9.32 Å². The van der Waals surface area contributed by atoms with Crippen molar-refractivity contribution >= 4 is 22.6 Å². The number of rotatable bonds is 2. The van der Waals surface area contributed by atoms with Gasteiger partial charge < -0.3 is 9.84 Å². The molecule has 2 N–H and O–H groups in total. The third kappa shape index (κ3) is 1.73. The highest BCUT2D eigenvalue weighted by Crippen LogP contribution is 2.20. The Hall–Kier alpha value is -2.63. The normalized spacial score (nSPS) is 10.7. The molecule has 0 atom stereocenters. The van der Waals surface area contributed by atoms with Crippen LogP contribution in [0.15, 0.2) is 34.9 Å². The van der Waals surface area contributed by atoms with Crippen LogP contribution in [0.2, 0.25) is 0 Å². The number of amides is 1. The van der Waals surface area contributed by atoms with E-state index in [2.05, 4.69) is 20.7 Å².